The van der Waals surface area contributed by atoms with E-state index >= 15 is 0 Å². The van der Waals surface area contributed by atoms with Gasteiger partial charge in [0.05, 0.1) is 5.71 Å². The van der Waals surface area contributed by atoms with Crippen LogP contribution in [0.25, 0.3) is 0 Å². The van der Waals surface area contributed by atoms with E-state index in [4.69, 9.17) is 11.6 Å². The van der Waals surface area contributed by atoms with Crippen LogP contribution in [-0.4, -0.2) is 24.3 Å². The quantitative estimate of drug-likeness (QED) is 0.670. The van der Waals surface area contributed by atoms with E-state index in [0.717, 1.165) is 23.7 Å². The van der Waals surface area contributed by atoms with Crippen molar-refractivity contribution in [2.75, 3.05) is 13.6 Å². The van der Waals surface area contributed by atoms with Crippen LogP contribution in [-0.2, 0) is 0 Å². The Balaban J connectivity index is 2.26. The Morgan fingerprint density at radius 2 is 2.00 bits per heavy atom. The van der Waals surface area contributed by atoms with Gasteiger partial charge in [0.2, 0.25) is 0 Å². The topological polar surface area (TPSA) is 15.6 Å². The van der Waals surface area contributed by atoms with Crippen LogP contribution in [0.5, 0.6) is 0 Å². The van der Waals surface area contributed by atoms with Crippen molar-refractivity contribution in [3.63, 3.8) is 0 Å². The smallest absolute Gasteiger partial charge is 0.0695 e. The summed E-state index contributed by atoms with van der Waals surface area (Å²) >= 11 is 5.80. The summed E-state index contributed by atoms with van der Waals surface area (Å²) in [5, 5.41) is 7.13. The van der Waals surface area contributed by atoms with Crippen LogP contribution in [0.15, 0.2) is 29.4 Å². The Hall–Kier alpha value is -1.02. The maximum atomic E-state index is 5.80. The van der Waals surface area contributed by atoms with Crippen LogP contribution in [0.1, 0.15) is 12.0 Å². The standard InChI is InChI=1S/C10H11ClN2/c1-13-7-6-10(12-13)8-2-4-9(11)5-3-8/h2-5H,6-7H2,1H3. The molecular formula is C10H11ClN2. The van der Waals surface area contributed by atoms with E-state index in [-0.39, 0.29) is 0 Å². The molecular weight excluding hydrogens is 184 g/mol. The molecule has 0 saturated heterocycles. The highest BCUT2D eigenvalue weighted by Gasteiger charge is 2.11. The minimum absolute atomic E-state index is 0.774. The van der Waals surface area contributed by atoms with Gasteiger partial charge in [0.1, 0.15) is 0 Å². The Morgan fingerprint density at radius 1 is 1.31 bits per heavy atom. The van der Waals surface area contributed by atoms with Gasteiger partial charge in [0.25, 0.3) is 0 Å². The minimum Gasteiger partial charge on any atom is -0.299 e. The average Bonchev–Trinajstić information content (AvgIpc) is 2.53. The molecule has 2 nitrogen and oxygen atoms in total. The summed E-state index contributed by atoms with van der Waals surface area (Å²) in [6.45, 7) is 1.01. The second kappa shape index (κ2) is 3.38. The lowest BCUT2D eigenvalue weighted by molar-refractivity contribution is 0.393. The first kappa shape index (κ1) is 8.57. The fourth-order valence-corrected chi connectivity index (χ4v) is 1.54. The molecule has 13 heavy (non-hydrogen) atoms. The third kappa shape index (κ3) is 1.83. The van der Waals surface area contributed by atoms with E-state index in [0.29, 0.717) is 0 Å². The monoisotopic (exact) mass is 194 g/mol. The van der Waals surface area contributed by atoms with Gasteiger partial charge in [-0.2, -0.15) is 5.10 Å². The normalized spacial score (nSPS) is 16.2. The van der Waals surface area contributed by atoms with Crippen LogP contribution in [0, 0.1) is 0 Å². The zero-order valence-corrected chi connectivity index (χ0v) is 8.25. The van der Waals surface area contributed by atoms with Crippen molar-refractivity contribution in [2.45, 2.75) is 6.42 Å². The van der Waals surface area contributed by atoms with Crippen molar-refractivity contribution in [3.05, 3.63) is 34.9 Å². The zero-order valence-electron chi connectivity index (χ0n) is 7.50. The summed E-state index contributed by atoms with van der Waals surface area (Å²) in [7, 11) is 1.99. The molecule has 3 heteroatoms. The van der Waals surface area contributed by atoms with Crippen molar-refractivity contribution in [1.82, 2.24) is 5.01 Å². The van der Waals surface area contributed by atoms with Gasteiger partial charge in [-0.15, -0.1) is 0 Å². The number of benzene rings is 1. The van der Waals surface area contributed by atoms with E-state index in [1.807, 2.05) is 36.3 Å². The van der Waals surface area contributed by atoms with Gasteiger partial charge in [-0.25, -0.2) is 0 Å². The summed E-state index contributed by atoms with van der Waals surface area (Å²) in [4.78, 5) is 0. The van der Waals surface area contributed by atoms with Gasteiger partial charge in [-0.3, -0.25) is 5.01 Å². The lowest BCUT2D eigenvalue weighted by Crippen LogP contribution is -2.04. The van der Waals surface area contributed by atoms with Gasteiger partial charge in [0.15, 0.2) is 0 Å². The third-order valence-corrected chi connectivity index (χ3v) is 2.39. The van der Waals surface area contributed by atoms with Gasteiger partial charge in [-0.1, -0.05) is 23.7 Å². The van der Waals surface area contributed by atoms with Gasteiger partial charge in [-0.05, 0) is 17.7 Å². The van der Waals surface area contributed by atoms with Crippen LogP contribution in [0.2, 0.25) is 5.02 Å². The average molecular weight is 195 g/mol. The predicted molar refractivity (Wildman–Crippen MR) is 55.2 cm³/mol. The summed E-state index contributed by atoms with van der Waals surface area (Å²) in [6, 6.07) is 7.83. The number of hydrogen-bond donors (Lipinski definition) is 0. The number of rotatable bonds is 1. The molecule has 1 aromatic carbocycles. The van der Waals surface area contributed by atoms with Crippen molar-refractivity contribution < 1.29 is 0 Å². The van der Waals surface area contributed by atoms with Crippen LogP contribution in [0.3, 0.4) is 0 Å². The van der Waals surface area contributed by atoms with E-state index < -0.39 is 0 Å². The molecule has 1 aliphatic heterocycles. The molecule has 1 heterocycles. The molecule has 68 valence electrons. The molecule has 0 fully saturated rings. The Labute approximate surface area is 82.8 Å². The molecule has 0 atom stereocenters. The molecule has 0 aromatic heterocycles. The van der Waals surface area contributed by atoms with E-state index in [2.05, 4.69) is 5.10 Å². The Kier molecular flexibility index (Phi) is 2.23. The molecule has 0 aliphatic carbocycles. The molecule has 0 unspecified atom stereocenters. The molecule has 2 rings (SSSR count). The van der Waals surface area contributed by atoms with Gasteiger partial charge < -0.3 is 0 Å². The maximum absolute atomic E-state index is 5.80. The molecule has 0 saturated carbocycles. The third-order valence-electron chi connectivity index (χ3n) is 2.14. The van der Waals surface area contributed by atoms with Crippen LogP contribution < -0.4 is 0 Å². The summed E-state index contributed by atoms with van der Waals surface area (Å²) < 4.78 is 0. The Bertz CT molecular complexity index is 329. The molecule has 0 spiro atoms. The highest BCUT2D eigenvalue weighted by atomic mass is 35.5. The molecule has 0 radical (unpaired) electrons. The molecule has 0 bridgehead atoms. The van der Waals surface area contributed by atoms with Crippen LogP contribution >= 0.6 is 11.6 Å². The first-order valence-corrected chi connectivity index (χ1v) is 4.68. The first-order valence-electron chi connectivity index (χ1n) is 4.30. The highest BCUT2D eigenvalue weighted by molar-refractivity contribution is 6.30. The largest absolute Gasteiger partial charge is 0.299 e. The Morgan fingerprint density at radius 3 is 2.54 bits per heavy atom. The number of nitrogens with zero attached hydrogens (tertiary/aromatic N) is 2. The van der Waals surface area contributed by atoms with Crippen molar-refractivity contribution in [3.8, 4) is 0 Å². The SMILES string of the molecule is CN1CCC(c2ccc(Cl)cc2)=N1. The van der Waals surface area contributed by atoms with Crippen molar-refractivity contribution in [2.24, 2.45) is 5.10 Å². The van der Waals surface area contributed by atoms with E-state index in [9.17, 15) is 0 Å². The van der Waals surface area contributed by atoms with Crippen LogP contribution in [0.4, 0.5) is 0 Å². The van der Waals surface area contributed by atoms with E-state index in [1.54, 1.807) is 0 Å². The minimum atomic E-state index is 0.774. The lowest BCUT2D eigenvalue weighted by Gasteiger charge is -2.01. The molecule has 0 amide bonds. The lowest BCUT2D eigenvalue weighted by atomic mass is 10.1. The second-order valence-corrected chi connectivity index (χ2v) is 3.62. The van der Waals surface area contributed by atoms with Crippen molar-refractivity contribution in [1.29, 1.82) is 0 Å². The summed E-state index contributed by atoms with van der Waals surface area (Å²) in [5.41, 5.74) is 2.33. The molecule has 0 N–H and O–H groups in total. The fraction of sp³-hybridized carbons (Fsp3) is 0.300. The number of hydrogen-bond acceptors (Lipinski definition) is 2. The molecule has 1 aliphatic rings. The highest BCUT2D eigenvalue weighted by Crippen LogP contribution is 2.15. The second-order valence-electron chi connectivity index (χ2n) is 3.18. The maximum Gasteiger partial charge on any atom is 0.0695 e. The van der Waals surface area contributed by atoms with Crippen molar-refractivity contribution >= 4 is 17.3 Å². The van der Waals surface area contributed by atoms with Gasteiger partial charge >= 0.3 is 0 Å². The fourth-order valence-electron chi connectivity index (χ4n) is 1.42. The summed E-state index contributed by atoms with van der Waals surface area (Å²) in [6.07, 6.45) is 1.03. The predicted octanol–water partition coefficient (Wildman–Crippen LogP) is 2.38. The molecule has 1 aromatic rings. The summed E-state index contributed by atoms with van der Waals surface area (Å²) in [5.74, 6) is 0. The zero-order chi connectivity index (χ0) is 9.26. The number of hydrazone groups is 1. The van der Waals surface area contributed by atoms with Gasteiger partial charge in [0, 0.05) is 25.0 Å². The number of halogens is 1. The van der Waals surface area contributed by atoms with E-state index in [1.165, 1.54) is 5.56 Å². The first-order chi connectivity index (χ1) is 6.25.